The van der Waals surface area contributed by atoms with Gasteiger partial charge in [0.15, 0.2) is 5.96 Å². The monoisotopic (exact) mass is 404 g/mol. The zero-order chi connectivity index (χ0) is 20.1. The largest absolute Gasteiger partial charge is 0.357 e. The van der Waals surface area contributed by atoms with Gasteiger partial charge in [-0.25, -0.2) is 0 Å². The standard InChI is InChI=1S/C22H40N6O/c1-2-23-22(25-19-8-11-27(12-9-19)20-6-7-20)24-10-13-26-14-16-28(17-15-26)21(29)18-4-3-5-18/h18-20H,2-17H2,1H3,(H2,23,24,25). The molecule has 0 bridgehead atoms. The summed E-state index contributed by atoms with van der Waals surface area (Å²) in [5.74, 6) is 1.70. The summed E-state index contributed by atoms with van der Waals surface area (Å²) < 4.78 is 0. The highest BCUT2D eigenvalue weighted by Gasteiger charge is 2.32. The Morgan fingerprint density at radius 2 is 1.69 bits per heavy atom. The highest BCUT2D eigenvalue weighted by molar-refractivity contribution is 5.80. The quantitative estimate of drug-likeness (QED) is 0.492. The maximum absolute atomic E-state index is 12.4. The van der Waals surface area contributed by atoms with E-state index in [1.807, 2.05) is 0 Å². The highest BCUT2D eigenvalue weighted by Crippen LogP contribution is 2.29. The molecule has 7 nitrogen and oxygen atoms in total. The SMILES string of the molecule is CCNC(=NCCN1CCN(C(=O)C2CCC2)CC1)NC1CCN(C2CC2)CC1. The third kappa shape index (κ3) is 5.85. The van der Waals surface area contributed by atoms with Gasteiger partial charge in [0.1, 0.15) is 0 Å². The van der Waals surface area contributed by atoms with Crippen LogP contribution in [0.4, 0.5) is 0 Å². The second-order valence-corrected chi connectivity index (χ2v) is 9.24. The molecule has 2 aliphatic heterocycles. The number of aliphatic imine (C=N–C) groups is 1. The first-order chi connectivity index (χ1) is 14.2. The lowest BCUT2D eigenvalue weighted by atomic mass is 9.84. The minimum atomic E-state index is 0.330. The number of hydrogen-bond donors (Lipinski definition) is 2. The second kappa shape index (κ2) is 10.1. The Morgan fingerprint density at radius 3 is 2.28 bits per heavy atom. The van der Waals surface area contributed by atoms with Crippen LogP contribution in [0.3, 0.4) is 0 Å². The number of piperidine rings is 1. The number of carbonyl (C=O) groups excluding carboxylic acids is 1. The molecule has 2 saturated carbocycles. The van der Waals surface area contributed by atoms with Crippen LogP contribution in [0.15, 0.2) is 4.99 Å². The van der Waals surface area contributed by atoms with Gasteiger partial charge in [0.25, 0.3) is 0 Å². The van der Waals surface area contributed by atoms with Gasteiger partial charge < -0.3 is 20.4 Å². The zero-order valence-corrected chi connectivity index (χ0v) is 18.2. The lowest BCUT2D eigenvalue weighted by molar-refractivity contribution is -0.139. The molecule has 4 fully saturated rings. The van der Waals surface area contributed by atoms with E-state index >= 15 is 0 Å². The summed E-state index contributed by atoms with van der Waals surface area (Å²) in [4.78, 5) is 24.4. The minimum absolute atomic E-state index is 0.330. The Hall–Kier alpha value is -1.34. The predicted octanol–water partition coefficient (Wildman–Crippen LogP) is 1.11. The summed E-state index contributed by atoms with van der Waals surface area (Å²) in [6.45, 7) is 11.0. The van der Waals surface area contributed by atoms with Gasteiger partial charge in [-0.1, -0.05) is 6.42 Å². The number of hydrogen-bond acceptors (Lipinski definition) is 4. The van der Waals surface area contributed by atoms with E-state index < -0.39 is 0 Å². The number of carbonyl (C=O) groups is 1. The Kier molecular flexibility index (Phi) is 7.29. The summed E-state index contributed by atoms with van der Waals surface area (Å²) in [6.07, 6.45) is 8.70. The van der Waals surface area contributed by atoms with Gasteiger partial charge in [-0.2, -0.15) is 0 Å². The first-order valence-electron chi connectivity index (χ1n) is 12.0. The lowest BCUT2D eigenvalue weighted by Crippen LogP contribution is -2.51. The molecular weight excluding hydrogens is 364 g/mol. The number of amides is 1. The minimum Gasteiger partial charge on any atom is -0.357 e. The van der Waals surface area contributed by atoms with Crippen LogP contribution >= 0.6 is 0 Å². The molecule has 0 radical (unpaired) electrons. The molecule has 2 aliphatic carbocycles. The van der Waals surface area contributed by atoms with Gasteiger partial charge in [-0.05, 0) is 45.4 Å². The van der Waals surface area contributed by atoms with E-state index in [4.69, 9.17) is 4.99 Å². The first kappa shape index (κ1) is 20.9. The van der Waals surface area contributed by atoms with Crippen molar-refractivity contribution in [2.45, 2.75) is 64.0 Å². The first-order valence-corrected chi connectivity index (χ1v) is 12.0. The molecular formula is C22H40N6O. The molecule has 1 amide bonds. The number of piperazine rings is 1. The number of rotatable bonds is 7. The van der Waals surface area contributed by atoms with Crippen molar-refractivity contribution in [3.63, 3.8) is 0 Å². The molecule has 0 aromatic carbocycles. The van der Waals surface area contributed by atoms with Gasteiger partial charge in [0.2, 0.25) is 5.91 Å². The van der Waals surface area contributed by atoms with Crippen molar-refractivity contribution in [2.75, 3.05) is 58.9 Å². The molecule has 0 aromatic rings. The Bertz CT molecular complexity index is 558. The Balaban J connectivity index is 1.15. The lowest BCUT2D eigenvalue weighted by Gasteiger charge is -2.38. The summed E-state index contributed by atoms with van der Waals surface area (Å²) in [7, 11) is 0. The Morgan fingerprint density at radius 1 is 0.966 bits per heavy atom. The molecule has 2 heterocycles. The van der Waals surface area contributed by atoms with Gasteiger partial charge in [0, 0.05) is 70.4 Å². The molecule has 0 spiro atoms. The van der Waals surface area contributed by atoms with Crippen LogP contribution in [0.25, 0.3) is 0 Å². The van der Waals surface area contributed by atoms with Crippen LogP contribution in [-0.4, -0.2) is 97.6 Å². The van der Waals surface area contributed by atoms with Gasteiger partial charge in [-0.3, -0.25) is 14.7 Å². The van der Waals surface area contributed by atoms with E-state index in [0.29, 0.717) is 17.9 Å². The molecule has 0 atom stereocenters. The topological polar surface area (TPSA) is 63.2 Å². The number of likely N-dealkylation sites (tertiary alicyclic amines) is 1. The molecule has 7 heteroatoms. The molecule has 29 heavy (non-hydrogen) atoms. The maximum Gasteiger partial charge on any atom is 0.225 e. The second-order valence-electron chi connectivity index (χ2n) is 9.24. The van der Waals surface area contributed by atoms with E-state index in [0.717, 1.165) is 70.7 Å². The van der Waals surface area contributed by atoms with Crippen LogP contribution in [0, 0.1) is 5.92 Å². The van der Waals surface area contributed by atoms with Crippen molar-refractivity contribution in [3.8, 4) is 0 Å². The number of nitrogens with one attached hydrogen (secondary N) is 2. The van der Waals surface area contributed by atoms with E-state index in [2.05, 4.69) is 32.3 Å². The summed E-state index contributed by atoms with van der Waals surface area (Å²) in [5.41, 5.74) is 0. The molecule has 4 aliphatic rings. The molecule has 0 aromatic heterocycles. The molecule has 2 saturated heterocycles. The van der Waals surface area contributed by atoms with E-state index in [9.17, 15) is 4.79 Å². The molecule has 164 valence electrons. The van der Waals surface area contributed by atoms with E-state index in [-0.39, 0.29) is 0 Å². The summed E-state index contributed by atoms with van der Waals surface area (Å²) in [5, 5.41) is 7.08. The number of guanidine groups is 1. The van der Waals surface area contributed by atoms with Crippen molar-refractivity contribution in [1.82, 2.24) is 25.3 Å². The third-order valence-corrected chi connectivity index (χ3v) is 7.10. The van der Waals surface area contributed by atoms with Crippen LogP contribution in [0.1, 0.15) is 51.9 Å². The molecule has 0 unspecified atom stereocenters. The van der Waals surface area contributed by atoms with Gasteiger partial charge >= 0.3 is 0 Å². The molecule has 4 rings (SSSR count). The van der Waals surface area contributed by atoms with E-state index in [1.165, 1.54) is 45.2 Å². The van der Waals surface area contributed by atoms with Crippen LogP contribution < -0.4 is 10.6 Å². The highest BCUT2D eigenvalue weighted by atomic mass is 16.2. The van der Waals surface area contributed by atoms with Crippen molar-refractivity contribution in [1.29, 1.82) is 0 Å². The number of nitrogens with zero attached hydrogens (tertiary/aromatic N) is 4. The van der Waals surface area contributed by atoms with Crippen LogP contribution in [0.5, 0.6) is 0 Å². The fourth-order valence-electron chi connectivity index (χ4n) is 4.77. The van der Waals surface area contributed by atoms with E-state index in [1.54, 1.807) is 0 Å². The molecule has 2 N–H and O–H groups in total. The smallest absolute Gasteiger partial charge is 0.225 e. The summed E-state index contributed by atoms with van der Waals surface area (Å²) in [6, 6.07) is 1.44. The Labute approximate surface area is 176 Å². The fourth-order valence-corrected chi connectivity index (χ4v) is 4.77. The zero-order valence-electron chi connectivity index (χ0n) is 18.2. The van der Waals surface area contributed by atoms with Crippen molar-refractivity contribution >= 4 is 11.9 Å². The van der Waals surface area contributed by atoms with Crippen molar-refractivity contribution in [3.05, 3.63) is 0 Å². The predicted molar refractivity (Wildman–Crippen MR) is 117 cm³/mol. The maximum atomic E-state index is 12.4. The van der Waals surface area contributed by atoms with Gasteiger partial charge in [-0.15, -0.1) is 0 Å². The average molecular weight is 405 g/mol. The third-order valence-electron chi connectivity index (χ3n) is 7.10. The fraction of sp³-hybridized carbons (Fsp3) is 0.909. The van der Waals surface area contributed by atoms with Crippen molar-refractivity contribution < 1.29 is 4.79 Å². The van der Waals surface area contributed by atoms with Gasteiger partial charge in [0.05, 0.1) is 6.54 Å². The van der Waals surface area contributed by atoms with Crippen molar-refractivity contribution in [2.24, 2.45) is 10.9 Å². The van der Waals surface area contributed by atoms with Crippen LogP contribution in [-0.2, 0) is 4.79 Å². The normalized spacial score (nSPS) is 25.7. The average Bonchev–Trinajstić information content (AvgIpc) is 3.53. The van der Waals surface area contributed by atoms with Crippen LogP contribution in [0.2, 0.25) is 0 Å². The summed E-state index contributed by atoms with van der Waals surface area (Å²) >= 11 is 0.